The van der Waals surface area contributed by atoms with E-state index in [0.717, 1.165) is 6.07 Å². The van der Waals surface area contributed by atoms with Gasteiger partial charge >= 0.3 is 12.1 Å². The molecule has 0 radical (unpaired) electrons. The number of esters is 1. The molecule has 6 nitrogen and oxygen atoms in total. The van der Waals surface area contributed by atoms with Gasteiger partial charge in [0.05, 0.1) is 18.4 Å². The maximum Gasteiger partial charge on any atom is 0.418 e. The summed E-state index contributed by atoms with van der Waals surface area (Å²) < 4.78 is 48.5. The number of nitrogens with one attached hydrogen (secondary N) is 1. The van der Waals surface area contributed by atoms with E-state index in [1.807, 2.05) is 5.32 Å². The van der Waals surface area contributed by atoms with Crippen LogP contribution in [-0.4, -0.2) is 30.7 Å². The number of amides is 1. The largest absolute Gasteiger partial charge is 0.504 e. The van der Waals surface area contributed by atoms with Crippen molar-refractivity contribution in [2.75, 3.05) is 19.0 Å². The third-order valence-corrected chi connectivity index (χ3v) is 3.57. The van der Waals surface area contributed by atoms with Gasteiger partial charge in [-0.2, -0.15) is 13.2 Å². The lowest BCUT2D eigenvalue weighted by molar-refractivity contribution is -0.137. The normalized spacial score (nSPS) is 11.0. The van der Waals surface area contributed by atoms with E-state index in [2.05, 4.69) is 0 Å². The molecule has 0 fully saturated rings. The summed E-state index contributed by atoms with van der Waals surface area (Å²) in [7, 11) is 1.28. The first-order valence-electron chi connectivity index (χ1n) is 7.33. The van der Waals surface area contributed by atoms with Crippen molar-refractivity contribution in [1.82, 2.24) is 0 Å². The summed E-state index contributed by atoms with van der Waals surface area (Å²) in [4.78, 5) is 23.8. The van der Waals surface area contributed by atoms with E-state index in [0.29, 0.717) is 6.07 Å². The van der Waals surface area contributed by atoms with Gasteiger partial charge < -0.3 is 19.9 Å². The van der Waals surface area contributed by atoms with Crippen LogP contribution in [0.4, 0.5) is 18.9 Å². The molecule has 0 saturated heterocycles. The van der Waals surface area contributed by atoms with Crippen molar-refractivity contribution < 1.29 is 37.3 Å². The number of methoxy groups -OCH3 is 1. The van der Waals surface area contributed by atoms with E-state index in [1.54, 1.807) is 0 Å². The Morgan fingerprint density at radius 2 is 1.93 bits per heavy atom. The Kier molecular flexibility index (Phi) is 6.17. The van der Waals surface area contributed by atoms with Gasteiger partial charge in [-0.05, 0) is 30.3 Å². The zero-order valence-electron chi connectivity index (χ0n) is 13.8. The van der Waals surface area contributed by atoms with E-state index in [9.17, 15) is 27.9 Å². The lowest BCUT2D eigenvalue weighted by Gasteiger charge is -2.14. The van der Waals surface area contributed by atoms with Gasteiger partial charge in [0.2, 0.25) is 0 Å². The highest BCUT2D eigenvalue weighted by Gasteiger charge is 2.34. The molecule has 0 unspecified atom stereocenters. The first-order valence-corrected chi connectivity index (χ1v) is 7.71. The summed E-state index contributed by atoms with van der Waals surface area (Å²) in [6, 6.07) is 6.87. The molecule has 2 aromatic rings. The number of hydrogen-bond donors (Lipinski definition) is 2. The summed E-state index contributed by atoms with van der Waals surface area (Å²) in [5, 5.41) is 11.7. The van der Waals surface area contributed by atoms with Crippen LogP contribution in [0, 0.1) is 0 Å². The molecule has 0 aliphatic carbocycles. The second-order valence-corrected chi connectivity index (χ2v) is 5.60. The number of phenolic OH excluding ortho intramolecular Hbond substituents is 1. The van der Waals surface area contributed by atoms with E-state index >= 15 is 0 Å². The Bertz CT molecular complexity index is 870. The summed E-state index contributed by atoms with van der Waals surface area (Å²) in [6.07, 6.45) is -4.74. The van der Waals surface area contributed by atoms with Crippen molar-refractivity contribution in [3.8, 4) is 11.5 Å². The molecule has 0 atom stereocenters. The number of phenols is 1. The molecule has 1 amide bonds. The monoisotopic (exact) mass is 403 g/mol. The lowest BCUT2D eigenvalue weighted by atomic mass is 10.1. The number of halogens is 4. The SMILES string of the molecule is COc1cccc(C(=O)OCC(=O)Nc2ccc(Cl)cc2C(F)(F)F)c1O. The van der Waals surface area contributed by atoms with Crippen molar-refractivity contribution in [2.24, 2.45) is 0 Å². The summed E-state index contributed by atoms with van der Waals surface area (Å²) in [5.41, 5.74) is -1.93. The molecular weight excluding hydrogens is 391 g/mol. The van der Waals surface area contributed by atoms with Gasteiger partial charge in [0.1, 0.15) is 5.56 Å². The fraction of sp³-hybridized carbons (Fsp3) is 0.176. The predicted molar refractivity (Wildman–Crippen MR) is 90.0 cm³/mol. The lowest BCUT2D eigenvalue weighted by Crippen LogP contribution is -2.22. The van der Waals surface area contributed by atoms with Crippen molar-refractivity contribution in [3.63, 3.8) is 0 Å². The van der Waals surface area contributed by atoms with E-state index < -0.39 is 41.7 Å². The zero-order chi connectivity index (χ0) is 20.2. The average Bonchev–Trinajstić information content (AvgIpc) is 2.60. The third kappa shape index (κ3) is 5.04. The van der Waals surface area contributed by atoms with Crippen LogP contribution < -0.4 is 10.1 Å². The van der Waals surface area contributed by atoms with E-state index in [-0.39, 0.29) is 16.3 Å². The van der Waals surface area contributed by atoms with Gasteiger partial charge in [-0.3, -0.25) is 4.79 Å². The number of carbonyl (C=O) groups is 2. The molecule has 10 heteroatoms. The standard InChI is InChI=1S/C17H13ClF3NO5/c1-26-13-4-2-3-10(15(13)24)16(25)27-8-14(23)22-12-6-5-9(18)7-11(12)17(19,20)21/h2-7,24H,8H2,1H3,(H,22,23). The first-order chi connectivity index (χ1) is 12.6. The van der Waals surface area contributed by atoms with Crippen molar-refractivity contribution >= 4 is 29.2 Å². The Balaban J connectivity index is 2.07. The van der Waals surface area contributed by atoms with Crippen LogP contribution in [0.1, 0.15) is 15.9 Å². The Hall–Kier alpha value is -2.94. The van der Waals surface area contributed by atoms with Crippen molar-refractivity contribution in [3.05, 3.63) is 52.5 Å². The minimum Gasteiger partial charge on any atom is -0.504 e. The maximum atomic E-state index is 13.0. The second kappa shape index (κ2) is 8.17. The van der Waals surface area contributed by atoms with Crippen LogP contribution in [0.3, 0.4) is 0 Å². The molecule has 0 aromatic heterocycles. The molecule has 27 heavy (non-hydrogen) atoms. The van der Waals surface area contributed by atoms with Crippen LogP contribution in [0.15, 0.2) is 36.4 Å². The van der Waals surface area contributed by atoms with Gasteiger partial charge in [0, 0.05) is 5.02 Å². The Morgan fingerprint density at radius 3 is 2.56 bits per heavy atom. The highest BCUT2D eigenvalue weighted by atomic mass is 35.5. The number of aromatic hydroxyl groups is 1. The summed E-state index contributed by atoms with van der Waals surface area (Å²) >= 11 is 5.55. The van der Waals surface area contributed by atoms with E-state index in [4.69, 9.17) is 21.1 Å². The number of ether oxygens (including phenoxy) is 2. The van der Waals surface area contributed by atoms with Crippen LogP contribution in [-0.2, 0) is 15.7 Å². The average molecular weight is 404 g/mol. The Labute approximate surface area is 156 Å². The molecule has 0 aliphatic heterocycles. The van der Waals surface area contributed by atoms with Gasteiger partial charge in [0.15, 0.2) is 18.1 Å². The highest BCUT2D eigenvalue weighted by Crippen LogP contribution is 2.36. The van der Waals surface area contributed by atoms with Gasteiger partial charge in [-0.15, -0.1) is 0 Å². The van der Waals surface area contributed by atoms with Gasteiger partial charge in [-0.25, -0.2) is 4.79 Å². The number of alkyl halides is 3. The van der Waals surface area contributed by atoms with Gasteiger partial charge in [-0.1, -0.05) is 17.7 Å². The number of para-hydroxylation sites is 1. The second-order valence-electron chi connectivity index (χ2n) is 5.17. The van der Waals surface area contributed by atoms with Crippen LogP contribution >= 0.6 is 11.6 Å². The quantitative estimate of drug-likeness (QED) is 0.740. The minimum absolute atomic E-state index is 0.0184. The third-order valence-electron chi connectivity index (χ3n) is 3.33. The number of hydrogen-bond acceptors (Lipinski definition) is 5. The van der Waals surface area contributed by atoms with Gasteiger partial charge in [0.25, 0.3) is 5.91 Å². The smallest absolute Gasteiger partial charge is 0.418 e. The van der Waals surface area contributed by atoms with Crippen LogP contribution in [0.25, 0.3) is 0 Å². The topological polar surface area (TPSA) is 84.9 Å². The number of carbonyl (C=O) groups excluding carboxylic acids is 2. The fourth-order valence-corrected chi connectivity index (χ4v) is 2.28. The molecule has 0 saturated carbocycles. The summed E-state index contributed by atoms with van der Waals surface area (Å²) in [6.45, 7) is -0.866. The molecule has 144 valence electrons. The molecular formula is C17H13ClF3NO5. The maximum absolute atomic E-state index is 13.0. The molecule has 0 spiro atoms. The van der Waals surface area contributed by atoms with E-state index in [1.165, 1.54) is 31.4 Å². The zero-order valence-corrected chi connectivity index (χ0v) is 14.5. The molecule has 0 aliphatic rings. The number of rotatable bonds is 5. The number of anilines is 1. The first kappa shape index (κ1) is 20.4. The van der Waals surface area contributed by atoms with Crippen molar-refractivity contribution in [1.29, 1.82) is 0 Å². The molecule has 0 bridgehead atoms. The van der Waals surface area contributed by atoms with Crippen LogP contribution in [0.2, 0.25) is 5.02 Å². The molecule has 2 N–H and O–H groups in total. The summed E-state index contributed by atoms with van der Waals surface area (Å²) in [5.74, 6) is -2.51. The molecule has 2 rings (SSSR count). The van der Waals surface area contributed by atoms with Crippen LogP contribution in [0.5, 0.6) is 11.5 Å². The number of benzene rings is 2. The van der Waals surface area contributed by atoms with Crippen molar-refractivity contribution in [2.45, 2.75) is 6.18 Å². The Morgan fingerprint density at radius 1 is 1.22 bits per heavy atom. The minimum atomic E-state index is -4.74. The molecule has 2 aromatic carbocycles. The fourth-order valence-electron chi connectivity index (χ4n) is 2.11. The highest BCUT2D eigenvalue weighted by molar-refractivity contribution is 6.30. The predicted octanol–water partition coefficient (Wildman–Crippen LogP) is 3.87. The molecule has 0 heterocycles.